The van der Waals surface area contributed by atoms with Gasteiger partial charge in [-0.15, -0.1) is 11.6 Å². The van der Waals surface area contributed by atoms with Crippen LogP contribution in [0.2, 0.25) is 0 Å². The van der Waals surface area contributed by atoms with E-state index in [1.165, 1.54) is 63.7 Å². The van der Waals surface area contributed by atoms with Crippen LogP contribution in [0, 0.1) is 23.7 Å². The molecule has 0 aromatic rings. The maximum absolute atomic E-state index is 9.48. The van der Waals surface area contributed by atoms with Crippen molar-refractivity contribution < 1.29 is 21.5 Å². The number of hydrogen-bond acceptors (Lipinski definition) is 3. The fourth-order valence-corrected chi connectivity index (χ4v) is 5.39. The third-order valence-corrected chi connectivity index (χ3v) is 7.54. The fraction of sp³-hybridized carbons (Fsp3) is 0.833. The van der Waals surface area contributed by atoms with Crippen molar-refractivity contribution in [3.63, 3.8) is 0 Å². The SMILES string of the molecule is CC(C)[C@H](CN1CCC(C2=CCC(Cl)C=C2)CC1)NC[C@@H]1CCC[C@H](CO)C1.O.O.O. The lowest BCUT2D eigenvalue weighted by Gasteiger charge is -2.37. The molecule has 3 rings (SSSR count). The van der Waals surface area contributed by atoms with E-state index in [9.17, 15) is 5.11 Å². The Labute approximate surface area is 194 Å². The molecule has 2 aliphatic carbocycles. The summed E-state index contributed by atoms with van der Waals surface area (Å²) in [7, 11) is 0. The molecule has 0 aromatic heterocycles. The largest absolute Gasteiger partial charge is 0.412 e. The van der Waals surface area contributed by atoms with Crippen molar-refractivity contribution in [1.82, 2.24) is 10.2 Å². The Balaban J connectivity index is 0.00000300. The first kappa shape index (κ1) is 30.5. The van der Waals surface area contributed by atoms with Crippen LogP contribution < -0.4 is 5.32 Å². The second-order valence-corrected chi connectivity index (χ2v) is 10.3. The van der Waals surface area contributed by atoms with Crippen molar-refractivity contribution >= 4 is 11.6 Å². The molecule has 8 N–H and O–H groups in total. The topological polar surface area (TPSA) is 130 Å². The van der Waals surface area contributed by atoms with Crippen LogP contribution >= 0.6 is 11.6 Å². The summed E-state index contributed by atoms with van der Waals surface area (Å²) < 4.78 is 0. The van der Waals surface area contributed by atoms with E-state index >= 15 is 0 Å². The van der Waals surface area contributed by atoms with Gasteiger partial charge in [-0.25, -0.2) is 0 Å². The van der Waals surface area contributed by atoms with Gasteiger partial charge in [0.2, 0.25) is 0 Å². The highest BCUT2D eigenvalue weighted by Gasteiger charge is 2.26. The van der Waals surface area contributed by atoms with E-state index in [0.717, 1.165) is 24.8 Å². The van der Waals surface area contributed by atoms with E-state index in [1.54, 1.807) is 0 Å². The maximum atomic E-state index is 9.48. The third kappa shape index (κ3) is 9.50. The Hall–Kier alpha value is -0.470. The summed E-state index contributed by atoms with van der Waals surface area (Å²) in [5.74, 6) is 2.65. The molecule has 3 aliphatic rings. The van der Waals surface area contributed by atoms with Gasteiger partial charge >= 0.3 is 0 Å². The van der Waals surface area contributed by atoms with Gasteiger partial charge in [-0.3, -0.25) is 0 Å². The Morgan fingerprint density at radius 3 is 2.35 bits per heavy atom. The molecule has 1 saturated carbocycles. The molecule has 184 valence electrons. The molecule has 0 bridgehead atoms. The lowest BCUT2D eigenvalue weighted by molar-refractivity contribution is 0.144. The number of hydrogen-bond donors (Lipinski definition) is 2. The van der Waals surface area contributed by atoms with Crippen LogP contribution in [-0.4, -0.2) is 70.6 Å². The lowest BCUT2D eigenvalue weighted by Crippen LogP contribution is -2.48. The summed E-state index contributed by atoms with van der Waals surface area (Å²) >= 11 is 6.17. The summed E-state index contributed by atoms with van der Waals surface area (Å²) in [6, 6.07) is 0.567. The molecule has 0 spiro atoms. The second-order valence-electron chi connectivity index (χ2n) is 9.73. The smallest absolute Gasteiger partial charge is 0.0553 e. The predicted octanol–water partition coefficient (Wildman–Crippen LogP) is 2.13. The van der Waals surface area contributed by atoms with E-state index < -0.39 is 0 Å². The number of allylic oxidation sites excluding steroid dienone is 4. The highest BCUT2D eigenvalue weighted by Crippen LogP contribution is 2.30. The second kappa shape index (κ2) is 15.4. The van der Waals surface area contributed by atoms with E-state index in [1.807, 2.05) is 0 Å². The van der Waals surface area contributed by atoms with Crippen molar-refractivity contribution in [2.75, 3.05) is 32.8 Å². The van der Waals surface area contributed by atoms with Gasteiger partial charge in [0.25, 0.3) is 0 Å². The van der Waals surface area contributed by atoms with Crippen molar-refractivity contribution in [3.05, 3.63) is 23.8 Å². The van der Waals surface area contributed by atoms with Crippen LogP contribution in [0.15, 0.2) is 23.8 Å². The summed E-state index contributed by atoms with van der Waals surface area (Å²) in [5, 5.41) is 13.6. The van der Waals surface area contributed by atoms with E-state index in [-0.39, 0.29) is 21.8 Å². The van der Waals surface area contributed by atoms with Gasteiger partial charge in [0.15, 0.2) is 0 Å². The molecule has 6 nitrogen and oxygen atoms in total. The normalized spacial score (nSPS) is 28.2. The van der Waals surface area contributed by atoms with Crippen molar-refractivity contribution in [1.29, 1.82) is 0 Å². The number of piperidine rings is 1. The van der Waals surface area contributed by atoms with E-state index in [4.69, 9.17) is 11.6 Å². The minimum absolute atomic E-state index is 0. The molecule has 0 aromatic carbocycles. The van der Waals surface area contributed by atoms with E-state index in [0.29, 0.717) is 24.5 Å². The number of nitrogens with zero attached hydrogens (tertiary/aromatic N) is 1. The molecule has 1 aliphatic heterocycles. The summed E-state index contributed by atoms with van der Waals surface area (Å²) in [6.45, 7) is 9.77. The molecular weight excluding hydrogens is 416 g/mol. The van der Waals surface area contributed by atoms with Crippen LogP contribution in [0.4, 0.5) is 0 Å². The molecule has 0 amide bonds. The quantitative estimate of drug-likeness (QED) is 0.535. The lowest BCUT2D eigenvalue weighted by atomic mass is 9.81. The first-order valence-electron chi connectivity index (χ1n) is 11.6. The van der Waals surface area contributed by atoms with Crippen molar-refractivity contribution in [3.8, 4) is 0 Å². The minimum atomic E-state index is 0. The van der Waals surface area contributed by atoms with Gasteiger partial charge in [0.1, 0.15) is 0 Å². The molecule has 1 unspecified atom stereocenters. The Kier molecular flexibility index (Phi) is 15.1. The van der Waals surface area contributed by atoms with Gasteiger partial charge in [-0.1, -0.05) is 38.5 Å². The van der Waals surface area contributed by atoms with Gasteiger partial charge in [0, 0.05) is 19.2 Å². The van der Waals surface area contributed by atoms with Crippen LogP contribution in [-0.2, 0) is 0 Å². The number of likely N-dealkylation sites (tertiary alicyclic amines) is 1. The zero-order valence-electron chi connectivity index (χ0n) is 19.5. The van der Waals surface area contributed by atoms with E-state index in [2.05, 4.69) is 42.3 Å². The number of alkyl halides is 1. The molecular formula is C24H47ClN2O4. The zero-order valence-corrected chi connectivity index (χ0v) is 20.2. The Bertz CT molecular complexity index is 536. The number of halogens is 1. The monoisotopic (exact) mass is 462 g/mol. The van der Waals surface area contributed by atoms with Crippen molar-refractivity contribution in [2.45, 2.75) is 70.2 Å². The van der Waals surface area contributed by atoms with Gasteiger partial charge < -0.3 is 31.8 Å². The van der Waals surface area contributed by atoms with Gasteiger partial charge in [-0.2, -0.15) is 0 Å². The standard InChI is InChI=1S/C24H41ClN2O.3H2O/c1-18(2)24(26-15-19-4-3-5-20(14-19)17-28)16-27-12-10-22(11-13-27)21-6-8-23(25)9-7-21;;;/h6-8,18-20,22-24,26,28H,3-5,9-17H2,1-2H3;3*1H2/t19-,20+,23?,24+;;;/m1.../s1. The fourth-order valence-electron chi connectivity index (χ4n) is 5.22. The summed E-state index contributed by atoms with van der Waals surface area (Å²) in [5.41, 5.74) is 1.52. The Morgan fingerprint density at radius 1 is 1.10 bits per heavy atom. The number of rotatable bonds is 8. The van der Waals surface area contributed by atoms with Crippen LogP contribution in [0.25, 0.3) is 0 Å². The molecule has 1 saturated heterocycles. The van der Waals surface area contributed by atoms with Gasteiger partial charge in [0.05, 0.1) is 5.38 Å². The average Bonchev–Trinajstić information content (AvgIpc) is 2.72. The average molecular weight is 463 g/mol. The molecule has 4 atom stereocenters. The summed E-state index contributed by atoms with van der Waals surface area (Å²) in [4.78, 5) is 2.67. The van der Waals surface area contributed by atoms with Crippen molar-refractivity contribution in [2.24, 2.45) is 23.7 Å². The number of nitrogens with one attached hydrogen (secondary N) is 1. The van der Waals surface area contributed by atoms with Crippen LogP contribution in [0.3, 0.4) is 0 Å². The van der Waals surface area contributed by atoms with Gasteiger partial charge in [-0.05, 0) is 87.4 Å². The summed E-state index contributed by atoms with van der Waals surface area (Å²) in [6.07, 6.45) is 15.4. The zero-order chi connectivity index (χ0) is 19.9. The number of aliphatic hydroxyl groups is 1. The molecule has 1 heterocycles. The van der Waals surface area contributed by atoms with Crippen LogP contribution in [0.5, 0.6) is 0 Å². The molecule has 7 heteroatoms. The highest BCUT2D eigenvalue weighted by atomic mass is 35.5. The molecule has 0 radical (unpaired) electrons. The molecule has 31 heavy (non-hydrogen) atoms. The predicted molar refractivity (Wildman–Crippen MR) is 131 cm³/mol. The highest BCUT2D eigenvalue weighted by molar-refractivity contribution is 6.22. The minimum Gasteiger partial charge on any atom is -0.412 e. The number of aliphatic hydroxyl groups excluding tert-OH is 1. The third-order valence-electron chi connectivity index (χ3n) is 7.21. The maximum Gasteiger partial charge on any atom is 0.0553 e. The Morgan fingerprint density at radius 2 is 1.77 bits per heavy atom. The first-order chi connectivity index (χ1) is 13.5. The van der Waals surface area contributed by atoms with Crippen LogP contribution in [0.1, 0.15) is 58.8 Å². The first-order valence-corrected chi connectivity index (χ1v) is 12.1. The molecule has 2 fully saturated rings.